The lowest BCUT2D eigenvalue weighted by Gasteiger charge is -2.52. The van der Waals surface area contributed by atoms with Crippen LogP contribution in [-0.4, -0.2) is 64.9 Å². The molecule has 0 radical (unpaired) electrons. The van der Waals surface area contributed by atoms with Crippen molar-refractivity contribution in [2.75, 3.05) is 19.0 Å². The van der Waals surface area contributed by atoms with Crippen LogP contribution in [0.2, 0.25) is 0 Å². The molecule has 3 aliphatic rings. The molecule has 0 aromatic heterocycles. The zero-order chi connectivity index (χ0) is 31.3. The van der Waals surface area contributed by atoms with Crippen molar-refractivity contribution in [1.29, 1.82) is 0 Å². The van der Waals surface area contributed by atoms with Crippen LogP contribution in [0, 0.1) is 35.5 Å². The second-order valence-corrected chi connectivity index (χ2v) is 12.5. The second-order valence-electron chi connectivity index (χ2n) is 12.5. The number of phenols is 1. The molecule has 2 unspecified atom stereocenters. The smallest absolute Gasteiger partial charge is 0.235 e. The zero-order valence-corrected chi connectivity index (χ0v) is 24.9. The highest BCUT2D eigenvalue weighted by Gasteiger charge is 2.69. The Morgan fingerprint density at radius 1 is 1.14 bits per heavy atom. The van der Waals surface area contributed by atoms with E-state index in [1.54, 1.807) is 38.9 Å². The summed E-state index contributed by atoms with van der Waals surface area (Å²) in [5.74, 6) is -12.2. The largest absolute Gasteiger partial charge is 0.507 e. The molecule has 11 nitrogen and oxygen atoms in total. The summed E-state index contributed by atoms with van der Waals surface area (Å²) in [5.41, 5.74) is 4.01. The van der Waals surface area contributed by atoms with E-state index in [1.165, 1.54) is 0 Å². The Balaban J connectivity index is 1.77. The molecule has 2 saturated carbocycles. The monoisotopic (exact) mass is 583 g/mol. The standard InChI is InChI=1S/C31H41N3O8/c1-6-7-8-9-20(35)33-13-16-12-19(34(4)5)17-10-15-11-18-21(14(2)3)26(37)24(30(32)41)29(40)31(18,42)28(39)22(15)27(38)23(17)25(16)36/h12,14-15,18,21-22,24,36,42H,6-11,13H2,1-5H3,(H2,32,41)(H,33,35)/t15-,18-,21-,22?,24?,31-/m0/s1. The van der Waals surface area contributed by atoms with Gasteiger partial charge in [-0.2, -0.15) is 0 Å². The number of amides is 2. The molecule has 6 atom stereocenters. The number of nitrogens with zero attached hydrogens (tertiary/aromatic N) is 1. The number of rotatable bonds is 9. The van der Waals surface area contributed by atoms with Crippen LogP contribution in [0.25, 0.3) is 0 Å². The number of anilines is 1. The molecule has 5 N–H and O–H groups in total. The molecule has 228 valence electrons. The Bertz CT molecular complexity index is 1350. The van der Waals surface area contributed by atoms with Crippen molar-refractivity contribution in [3.05, 3.63) is 22.8 Å². The summed E-state index contributed by atoms with van der Waals surface area (Å²) in [6.45, 7) is 5.41. The third kappa shape index (κ3) is 4.91. The number of hydrogen-bond acceptors (Lipinski definition) is 9. The second kappa shape index (κ2) is 11.6. The maximum Gasteiger partial charge on any atom is 0.235 e. The highest BCUT2D eigenvalue weighted by Crippen LogP contribution is 2.54. The van der Waals surface area contributed by atoms with Crippen molar-refractivity contribution in [3.8, 4) is 5.75 Å². The summed E-state index contributed by atoms with van der Waals surface area (Å²) in [6, 6.07) is 1.71. The van der Waals surface area contributed by atoms with E-state index >= 15 is 0 Å². The first kappa shape index (κ1) is 31.3. The van der Waals surface area contributed by atoms with Gasteiger partial charge in [-0.25, -0.2) is 0 Å². The molecular formula is C31H41N3O8. The van der Waals surface area contributed by atoms with Crippen LogP contribution in [-0.2, 0) is 36.9 Å². The molecule has 11 heteroatoms. The number of ketones is 4. The number of aliphatic hydroxyl groups is 1. The number of fused-ring (bicyclic) bond motifs is 3. The van der Waals surface area contributed by atoms with Gasteiger partial charge in [-0.05, 0) is 42.7 Å². The Hall–Kier alpha value is -3.60. The highest BCUT2D eigenvalue weighted by molar-refractivity contribution is 6.32. The van der Waals surface area contributed by atoms with Crippen LogP contribution in [0.3, 0.4) is 0 Å². The minimum atomic E-state index is -2.74. The number of benzene rings is 1. The van der Waals surface area contributed by atoms with Crippen LogP contribution in [0.5, 0.6) is 5.75 Å². The number of aromatic hydroxyl groups is 1. The van der Waals surface area contributed by atoms with Crippen LogP contribution >= 0.6 is 0 Å². The van der Waals surface area contributed by atoms with Crippen molar-refractivity contribution >= 4 is 40.6 Å². The minimum absolute atomic E-state index is 0.0209. The lowest BCUT2D eigenvalue weighted by Crippen LogP contribution is -2.71. The van der Waals surface area contributed by atoms with E-state index in [0.29, 0.717) is 23.2 Å². The summed E-state index contributed by atoms with van der Waals surface area (Å²) in [4.78, 5) is 81.1. The molecule has 3 aliphatic carbocycles. The lowest BCUT2D eigenvalue weighted by atomic mass is 9.49. The number of Topliss-reactive ketones (excluding diaryl/α,β-unsaturated/α-hetero) is 4. The summed E-state index contributed by atoms with van der Waals surface area (Å²) >= 11 is 0. The molecule has 4 rings (SSSR count). The summed E-state index contributed by atoms with van der Waals surface area (Å²) in [6.07, 6.45) is 3.14. The first-order valence-electron chi connectivity index (χ1n) is 14.7. The van der Waals surface area contributed by atoms with Gasteiger partial charge in [0.15, 0.2) is 34.7 Å². The van der Waals surface area contributed by atoms with Crippen LogP contribution < -0.4 is 16.0 Å². The van der Waals surface area contributed by atoms with Gasteiger partial charge in [0.05, 0.1) is 11.5 Å². The number of carbonyl (C=O) groups excluding carboxylic acids is 6. The third-order valence-electron chi connectivity index (χ3n) is 9.33. The maximum atomic E-state index is 14.1. The van der Waals surface area contributed by atoms with E-state index in [1.807, 2.05) is 6.92 Å². The Morgan fingerprint density at radius 2 is 1.81 bits per heavy atom. The van der Waals surface area contributed by atoms with Gasteiger partial charge in [0, 0.05) is 50.1 Å². The molecular weight excluding hydrogens is 542 g/mol. The highest BCUT2D eigenvalue weighted by atomic mass is 16.3. The van der Waals surface area contributed by atoms with E-state index in [2.05, 4.69) is 5.32 Å². The molecule has 2 fully saturated rings. The fourth-order valence-electron chi connectivity index (χ4n) is 7.31. The maximum absolute atomic E-state index is 14.1. The first-order valence-corrected chi connectivity index (χ1v) is 14.7. The SMILES string of the molecule is CCCCCC(=O)NCc1cc(N(C)C)c2c(c1O)C(=O)C1C(=O)[C@]3(O)C(=O)C(C(N)=O)C(=O)[C@@H](C(C)C)[C@@H]3C[C@@H]1C2. The molecule has 0 saturated heterocycles. The Labute approximate surface area is 245 Å². The molecule has 0 spiro atoms. The number of hydrogen-bond donors (Lipinski definition) is 4. The molecule has 1 aromatic rings. The first-order chi connectivity index (χ1) is 19.7. The number of primary amides is 1. The number of nitrogens with one attached hydrogen (secondary N) is 1. The summed E-state index contributed by atoms with van der Waals surface area (Å²) in [7, 11) is 3.55. The average molecular weight is 584 g/mol. The van der Waals surface area contributed by atoms with Gasteiger partial charge < -0.3 is 26.2 Å². The van der Waals surface area contributed by atoms with Crippen molar-refractivity contribution in [3.63, 3.8) is 0 Å². The van der Waals surface area contributed by atoms with Gasteiger partial charge in [0.1, 0.15) is 5.75 Å². The predicted molar refractivity (Wildman–Crippen MR) is 153 cm³/mol. The summed E-state index contributed by atoms with van der Waals surface area (Å²) in [5, 5.41) is 25.8. The van der Waals surface area contributed by atoms with Crippen molar-refractivity contribution < 1.29 is 39.0 Å². The lowest BCUT2D eigenvalue weighted by molar-refractivity contribution is -0.182. The van der Waals surface area contributed by atoms with Gasteiger partial charge in [0.25, 0.3) is 0 Å². The fourth-order valence-corrected chi connectivity index (χ4v) is 7.31. The number of unbranched alkanes of at least 4 members (excludes halogenated alkanes) is 2. The molecule has 42 heavy (non-hydrogen) atoms. The molecule has 1 aromatic carbocycles. The predicted octanol–water partition coefficient (Wildman–Crippen LogP) is 1.47. The minimum Gasteiger partial charge on any atom is -0.507 e. The van der Waals surface area contributed by atoms with E-state index in [4.69, 9.17) is 5.73 Å². The van der Waals surface area contributed by atoms with Gasteiger partial charge in [-0.3, -0.25) is 28.8 Å². The number of nitrogens with two attached hydrogens (primary N) is 1. The van der Waals surface area contributed by atoms with Gasteiger partial charge >= 0.3 is 0 Å². The van der Waals surface area contributed by atoms with E-state index in [9.17, 15) is 39.0 Å². The van der Waals surface area contributed by atoms with E-state index < -0.39 is 70.1 Å². The summed E-state index contributed by atoms with van der Waals surface area (Å²) < 4.78 is 0. The topological polar surface area (TPSA) is 184 Å². The molecule has 2 amide bonds. The Kier molecular flexibility index (Phi) is 8.64. The normalized spacial score (nSPS) is 28.7. The zero-order valence-electron chi connectivity index (χ0n) is 24.9. The van der Waals surface area contributed by atoms with Gasteiger partial charge in [-0.15, -0.1) is 0 Å². The Morgan fingerprint density at radius 3 is 2.38 bits per heavy atom. The van der Waals surface area contributed by atoms with Crippen molar-refractivity contribution in [1.82, 2.24) is 5.32 Å². The van der Waals surface area contributed by atoms with E-state index in [0.717, 1.165) is 19.3 Å². The van der Waals surface area contributed by atoms with Gasteiger partial charge in [-0.1, -0.05) is 33.6 Å². The third-order valence-corrected chi connectivity index (χ3v) is 9.33. The van der Waals surface area contributed by atoms with E-state index in [-0.39, 0.29) is 36.6 Å². The van der Waals surface area contributed by atoms with Crippen molar-refractivity contribution in [2.45, 2.75) is 71.4 Å². The molecule has 0 heterocycles. The van der Waals surface area contributed by atoms with Crippen LogP contribution in [0.15, 0.2) is 6.07 Å². The van der Waals surface area contributed by atoms with Crippen molar-refractivity contribution in [2.24, 2.45) is 41.2 Å². The van der Waals surface area contributed by atoms with Crippen LogP contribution in [0.4, 0.5) is 5.69 Å². The van der Waals surface area contributed by atoms with Crippen LogP contribution in [0.1, 0.15) is 74.4 Å². The number of carbonyl (C=O) groups is 6. The molecule has 0 bridgehead atoms. The quantitative estimate of drug-likeness (QED) is 0.247. The molecule has 0 aliphatic heterocycles. The number of phenolic OH excluding ortho intramolecular Hbond substituents is 1. The van der Waals surface area contributed by atoms with Gasteiger partial charge in [0.2, 0.25) is 11.8 Å². The fraction of sp³-hybridized carbons (Fsp3) is 0.613. The average Bonchev–Trinajstić information content (AvgIpc) is 2.89.